The van der Waals surface area contributed by atoms with E-state index >= 15 is 0 Å². The van der Waals surface area contributed by atoms with Crippen LogP contribution in [0.2, 0.25) is 0 Å². The van der Waals surface area contributed by atoms with Gasteiger partial charge in [0.15, 0.2) is 11.0 Å². The van der Waals surface area contributed by atoms with E-state index in [0.29, 0.717) is 6.54 Å². The first-order valence-electron chi connectivity index (χ1n) is 10.2. The lowest BCUT2D eigenvalue weighted by atomic mass is 10.2. The number of aromatic nitrogens is 4. The highest BCUT2D eigenvalue weighted by atomic mass is 32.2. The Balaban J connectivity index is 1.92. The van der Waals surface area contributed by atoms with E-state index in [-0.39, 0.29) is 23.2 Å². The molecule has 1 atom stereocenters. The summed E-state index contributed by atoms with van der Waals surface area (Å²) in [7, 11) is 0. The van der Waals surface area contributed by atoms with Crippen LogP contribution in [0.4, 0.5) is 0 Å². The molecule has 0 aliphatic rings. The lowest BCUT2D eigenvalue weighted by molar-refractivity contribution is -0.133. The minimum absolute atomic E-state index is 0.115. The Kier molecular flexibility index (Phi) is 7.26. The molecule has 1 amide bonds. The maximum absolute atomic E-state index is 13.1. The molecular formula is C23H29N5OS. The van der Waals surface area contributed by atoms with Crippen LogP contribution in [0.5, 0.6) is 0 Å². The molecule has 0 unspecified atom stereocenters. The maximum atomic E-state index is 13.1. The molecule has 3 aromatic rings. The van der Waals surface area contributed by atoms with Gasteiger partial charge in [-0.1, -0.05) is 42.1 Å². The van der Waals surface area contributed by atoms with Crippen LogP contribution < -0.4 is 0 Å². The molecular weight excluding hydrogens is 394 g/mol. The summed E-state index contributed by atoms with van der Waals surface area (Å²) in [6.07, 6.45) is 3.50. The Hall–Kier alpha value is -2.67. The molecule has 7 heteroatoms. The van der Waals surface area contributed by atoms with Crippen molar-refractivity contribution in [2.75, 3.05) is 0 Å². The van der Waals surface area contributed by atoms with Gasteiger partial charge < -0.3 is 4.90 Å². The smallest absolute Gasteiger partial charge is 0.236 e. The van der Waals surface area contributed by atoms with Crippen LogP contribution in [0, 0.1) is 0 Å². The number of pyridine rings is 1. The summed E-state index contributed by atoms with van der Waals surface area (Å²) in [5.41, 5.74) is 2.10. The van der Waals surface area contributed by atoms with E-state index in [1.807, 2.05) is 42.2 Å². The summed E-state index contributed by atoms with van der Waals surface area (Å²) in [6, 6.07) is 14.4. The van der Waals surface area contributed by atoms with Gasteiger partial charge in [-0.3, -0.25) is 14.3 Å². The third-order valence-electron chi connectivity index (χ3n) is 4.84. The third kappa shape index (κ3) is 5.08. The molecule has 6 nitrogen and oxygen atoms in total. The summed E-state index contributed by atoms with van der Waals surface area (Å²) >= 11 is 1.46. The summed E-state index contributed by atoms with van der Waals surface area (Å²) in [4.78, 5) is 19.1. The van der Waals surface area contributed by atoms with Crippen LogP contribution in [-0.4, -0.2) is 47.9 Å². The number of rotatable bonds is 8. The van der Waals surface area contributed by atoms with E-state index in [2.05, 4.69) is 59.6 Å². The van der Waals surface area contributed by atoms with Crippen molar-refractivity contribution in [3.8, 4) is 11.4 Å². The summed E-state index contributed by atoms with van der Waals surface area (Å²) in [5, 5.41) is 9.36. The number of hydrogen-bond acceptors (Lipinski definition) is 5. The lowest BCUT2D eigenvalue weighted by Gasteiger charge is -2.32. The van der Waals surface area contributed by atoms with Crippen molar-refractivity contribution < 1.29 is 4.79 Å². The monoisotopic (exact) mass is 423 g/mol. The molecule has 30 heavy (non-hydrogen) atoms. The van der Waals surface area contributed by atoms with Crippen LogP contribution >= 0.6 is 11.8 Å². The molecule has 1 aromatic carbocycles. The first kappa shape index (κ1) is 22.0. The van der Waals surface area contributed by atoms with Gasteiger partial charge >= 0.3 is 0 Å². The zero-order valence-corrected chi connectivity index (χ0v) is 19.0. The van der Waals surface area contributed by atoms with E-state index in [4.69, 9.17) is 0 Å². The molecule has 0 fully saturated rings. The van der Waals surface area contributed by atoms with Gasteiger partial charge in [0.1, 0.15) is 0 Å². The fourth-order valence-electron chi connectivity index (χ4n) is 3.52. The number of thioether (sulfide) groups is 1. The molecule has 0 radical (unpaired) electrons. The highest BCUT2D eigenvalue weighted by Crippen LogP contribution is 2.29. The molecule has 0 saturated heterocycles. The first-order valence-corrected chi connectivity index (χ1v) is 11.1. The van der Waals surface area contributed by atoms with Gasteiger partial charge in [-0.15, -0.1) is 10.2 Å². The quantitative estimate of drug-likeness (QED) is 0.499. The fraction of sp³-hybridized carbons (Fsp3) is 0.391. The van der Waals surface area contributed by atoms with Crippen molar-refractivity contribution in [2.45, 2.75) is 63.7 Å². The van der Waals surface area contributed by atoms with Gasteiger partial charge in [-0.2, -0.15) is 0 Å². The third-order valence-corrected chi connectivity index (χ3v) is 5.90. The Morgan fingerprint density at radius 1 is 0.967 bits per heavy atom. The highest BCUT2D eigenvalue weighted by Gasteiger charge is 2.28. The second kappa shape index (κ2) is 9.89. The highest BCUT2D eigenvalue weighted by molar-refractivity contribution is 8.00. The van der Waals surface area contributed by atoms with Crippen molar-refractivity contribution in [1.29, 1.82) is 0 Å². The zero-order chi connectivity index (χ0) is 21.7. The Bertz CT molecular complexity index is 948. The number of hydrogen-bond donors (Lipinski definition) is 0. The van der Waals surface area contributed by atoms with Crippen molar-refractivity contribution in [3.63, 3.8) is 0 Å². The standard InChI is InChI=1S/C23H29N5OS/c1-16(2)28(17(3)4)22(29)18(5)30-23-26-25-21(20-11-13-24-14-12-20)27(23)15-19-9-7-6-8-10-19/h6-14,16-18H,15H2,1-5H3/t18-/m1/s1. The number of benzene rings is 1. The van der Waals surface area contributed by atoms with E-state index in [1.54, 1.807) is 12.4 Å². The SMILES string of the molecule is CC(C)N(C(=O)[C@@H](C)Sc1nnc(-c2ccncc2)n1Cc1ccccc1)C(C)C. The lowest BCUT2D eigenvalue weighted by Crippen LogP contribution is -2.45. The molecule has 0 spiro atoms. The predicted octanol–water partition coefficient (Wildman–Crippen LogP) is 4.51. The van der Waals surface area contributed by atoms with E-state index in [9.17, 15) is 4.79 Å². The second-order valence-electron chi connectivity index (χ2n) is 7.81. The molecule has 158 valence electrons. The molecule has 3 rings (SSSR count). The van der Waals surface area contributed by atoms with Gasteiger partial charge in [-0.25, -0.2) is 0 Å². The molecule has 0 aliphatic heterocycles. The van der Waals surface area contributed by atoms with Gasteiger partial charge in [0.25, 0.3) is 0 Å². The van der Waals surface area contributed by atoms with Crippen molar-refractivity contribution in [2.24, 2.45) is 0 Å². The predicted molar refractivity (Wildman–Crippen MR) is 121 cm³/mol. The van der Waals surface area contributed by atoms with E-state index in [0.717, 1.165) is 22.1 Å². The average molecular weight is 424 g/mol. The summed E-state index contributed by atoms with van der Waals surface area (Å²) in [5.74, 6) is 0.887. The fourth-order valence-corrected chi connectivity index (χ4v) is 4.43. The van der Waals surface area contributed by atoms with E-state index in [1.165, 1.54) is 11.8 Å². The minimum Gasteiger partial charge on any atom is -0.337 e. The van der Waals surface area contributed by atoms with Gasteiger partial charge in [0, 0.05) is 30.0 Å². The molecule has 2 aromatic heterocycles. The zero-order valence-electron chi connectivity index (χ0n) is 18.2. The van der Waals surface area contributed by atoms with Crippen molar-refractivity contribution in [1.82, 2.24) is 24.6 Å². The maximum Gasteiger partial charge on any atom is 0.236 e. The summed E-state index contributed by atoms with van der Waals surface area (Å²) in [6.45, 7) is 10.8. The van der Waals surface area contributed by atoms with Crippen molar-refractivity contribution >= 4 is 17.7 Å². The number of carbonyl (C=O) groups is 1. The minimum atomic E-state index is -0.265. The number of carbonyl (C=O) groups excluding carboxylic acids is 1. The normalized spacial score (nSPS) is 12.4. The van der Waals surface area contributed by atoms with Crippen LogP contribution in [0.3, 0.4) is 0 Å². The second-order valence-corrected chi connectivity index (χ2v) is 9.11. The molecule has 0 bridgehead atoms. The number of nitrogens with zero attached hydrogens (tertiary/aromatic N) is 5. The number of amides is 1. The Morgan fingerprint density at radius 3 is 2.20 bits per heavy atom. The van der Waals surface area contributed by atoms with Gasteiger partial charge in [0.05, 0.1) is 11.8 Å². The van der Waals surface area contributed by atoms with Gasteiger partial charge in [-0.05, 0) is 52.3 Å². The Morgan fingerprint density at radius 2 is 1.60 bits per heavy atom. The summed E-state index contributed by atoms with van der Waals surface area (Å²) < 4.78 is 2.08. The molecule has 0 aliphatic carbocycles. The first-order chi connectivity index (χ1) is 14.4. The molecule has 0 N–H and O–H groups in total. The Labute approximate surface area is 182 Å². The van der Waals surface area contributed by atoms with E-state index < -0.39 is 0 Å². The largest absolute Gasteiger partial charge is 0.337 e. The topological polar surface area (TPSA) is 63.9 Å². The molecule has 2 heterocycles. The average Bonchev–Trinajstić information content (AvgIpc) is 3.11. The van der Waals surface area contributed by atoms with Crippen LogP contribution in [0.25, 0.3) is 11.4 Å². The molecule has 0 saturated carbocycles. The van der Waals surface area contributed by atoms with Crippen LogP contribution in [0.15, 0.2) is 60.0 Å². The van der Waals surface area contributed by atoms with Crippen LogP contribution in [-0.2, 0) is 11.3 Å². The van der Waals surface area contributed by atoms with Crippen LogP contribution in [0.1, 0.15) is 40.2 Å². The van der Waals surface area contributed by atoms with Crippen molar-refractivity contribution in [3.05, 3.63) is 60.4 Å². The van der Waals surface area contributed by atoms with Gasteiger partial charge in [0.2, 0.25) is 5.91 Å².